The highest BCUT2D eigenvalue weighted by Gasteiger charge is 2.44. The average Bonchev–Trinajstić information content (AvgIpc) is 2.09. The van der Waals surface area contributed by atoms with Gasteiger partial charge in [-0.3, -0.25) is 15.4 Å². The molecule has 0 aromatic rings. The highest BCUT2D eigenvalue weighted by molar-refractivity contribution is 9.08. The maximum Gasteiger partial charge on any atom is 0.325 e. The zero-order valence-corrected chi connectivity index (χ0v) is 6.23. The number of aliphatic hydroxyl groups is 1. The minimum absolute atomic E-state index is 0.737. The van der Waals surface area contributed by atoms with E-state index in [0.717, 1.165) is 0 Å². The maximum absolute atomic E-state index is 10.6. The van der Waals surface area contributed by atoms with Crippen LogP contribution in [0.25, 0.3) is 0 Å². The Labute approximate surface area is 64.3 Å². The van der Waals surface area contributed by atoms with Gasteiger partial charge in [-0.25, -0.2) is 4.79 Å². The number of urea groups is 1. The lowest BCUT2D eigenvalue weighted by molar-refractivity contribution is -0.137. The van der Waals surface area contributed by atoms with Gasteiger partial charge in [-0.1, -0.05) is 0 Å². The van der Waals surface area contributed by atoms with Gasteiger partial charge in [0, 0.05) is 16.1 Å². The monoisotopic (exact) mass is 209 g/mol. The summed E-state index contributed by atoms with van der Waals surface area (Å²) in [5, 5.41) is 12.8. The molecule has 0 spiro atoms. The molecule has 4 N–H and O–H groups in total. The molecule has 1 atom stereocenters. The largest absolute Gasteiger partial charge is 0.350 e. The van der Waals surface area contributed by atoms with Gasteiger partial charge in [0.1, 0.15) is 0 Å². The summed E-state index contributed by atoms with van der Waals surface area (Å²) in [6.45, 7) is 0. The van der Waals surface area contributed by atoms with Crippen molar-refractivity contribution >= 4 is 28.1 Å². The number of imide groups is 1. The molecule has 1 rings (SSSR count). The van der Waals surface area contributed by atoms with Crippen LogP contribution in [0, 0.1) is 0 Å². The van der Waals surface area contributed by atoms with Crippen LogP contribution in [-0.4, -0.2) is 22.9 Å². The molecule has 1 saturated heterocycles. The van der Waals surface area contributed by atoms with E-state index < -0.39 is 17.8 Å². The Morgan fingerprint density at radius 1 is 1.60 bits per heavy atom. The first kappa shape index (κ1) is 7.45. The van der Waals surface area contributed by atoms with Gasteiger partial charge in [0.05, 0.1) is 0 Å². The maximum atomic E-state index is 10.6. The van der Waals surface area contributed by atoms with Crippen molar-refractivity contribution < 1.29 is 14.7 Å². The second-order valence-electron chi connectivity index (χ2n) is 1.71. The number of carbonyl (C=O) groups excluding carboxylic acids is 2. The first-order chi connectivity index (χ1) is 4.58. The van der Waals surface area contributed by atoms with E-state index in [2.05, 4.69) is 16.1 Å². The number of hydrogen-bond acceptors (Lipinski definition) is 4. The third-order valence-electron chi connectivity index (χ3n) is 0.987. The van der Waals surface area contributed by atoms with E-state index in [0.29, 0.717) is 0 Å². The SMILES string of the molecule is O=C1NC(=O)C(O)(NBr)N1. The second kappa shape index (κ2) is 2.19. The quantitative estimate of drug-likeness (QED) is 0.237. The fraction of sp³-hybridized carbons (Fsp3) is 0.333. The van der Waals surface area contributed by atoms with Crippen molar-refractivity contribution in [3.63, 3.8) is 0 Å². The molecule has 0 aromatic carbocycles. The summed E-state index contributed by atoms with van der Waals surface area (Å²) in [7, 11) is 0. The summed E-state index contributed by atoms with van der Waals surface area (Å²) < 4.78 is 2.04. The zero-order chi connectivity index (χ0) is 7.78. The summed E-state index contributed by atoms with van der Waals surface area (Å²) in [6, 6.07) is -0.737. The molecule has 10 heavy (non-hydrogen) atoms. The van der Waals surface area contributed by atoms with Crippen molar-refractivity contribution in [2.45, 2.75) is 5.85 Å². The smallest absolute Gasteiger partial charge is 0.325 e. The minimum atomic E-state index is -2.02. The molecule has 1 fully saturated rings. The van der Waals surface area contributed by atoms with Gasteiger partial charge in [-0.2, -0.15) is 4.34 Å². The Morgan fingerprint density at radius 3 is 2.40 bits per heavy atom. The van der Waals surface area contributed by atoms with Crippen molar-refractivity contribution in [1.29, 1.82) is 0 Å². The van der Waals surface area contributed by atoms with Gasteiger partial charge in [0.2, 0.25) is 0 Å². The van der Waals surface area contributed by atoms with E-state index in [1.54, 1.807) is 0 Å². The fourth-order valence-corrected chi connectivity index (χ4v) is 0.792. The normalized spacial score (nSPS) is 31.8. The van der Waals surface area contributed by atoms with Gasteiger partial charge < -0.3 is 5.11 Å². The molecule has 1 heterocycles. The summed E-state index contributed by atoms with van der Waals surface area (Å²) in [6.07, 6.45) is 0. The lowest BCUT2D eigenvalue weighted by Crippen LogP contribution is -2.54. The van der Waals surface area contributed by atoms with Crippen LogP contribution < -0.4 is 15.0 Å². The zero-order valence-electron chi connectivity index (χ0n) is 4.64. The van der Waals surface area contributed by atoms with Gasteiger partial charge in [-0.05, 0) is 0 Å². The average molecular weight is 210 g/mol. The Kier molecular flexibility index (Phi) is 1.63. The molecule has 1 aliphatic rings. The van der Waals surface area contributed by atoms with Crippen LogP contribution in [0.3, 0.4) is 0 Å². The van der Waals surface area contributed by atoms with Gasteiger partial charge in [-0.15, -0.1) is 0 Å². The highest BCUT2D eigenvalue weighted by Crippen LogP contribution is 2.02. The van der Waals surface area contributed by atoms with Gasteiger partial charge in [0.25, 0.3) is 11.8 Å². The molecule has 0 saturated carbocycles. The van der Waals surface area contributed by atoms with Crippen LogP contribution in [0.5, 0.6) is 0 Å². The Hall–Kier alpha value is -0.660. The van der Waals surface area contributed by atoms with Crippen molar-refractivity contribution in [2.24, 2.45) is 0 Å². The molecule has 0 bridgehead atoms. The topological polar surface area (TPSA) is 90.5 Å². The first-order valence-corrected chi connectivity index (χ1v) is 3.11. The van der Waals surface area contributed by atoms with E-state index >= 15 is 0 Å². The van der Waals surface area contributed by atoms with Crippen molar-refractivity contribution in [3.05, 3.63) is 0 Å². The Balaban J connectivity index is 2.80. The number of rotatable bonds is 1. The van der Waals surface area contributed by atoms with Crippen LogP contribution in [0.15, 0.2) is 0 Å². The molecule has 1 unspecified atom stereocenters. The van der Waals surface area contributed by atoms with E-state index in [1.807, 2.05) is 15.0 Å². The number of nitrogens with one attached hydrogen (secondary N) is 3. The second-order valence-corrected chi connectivity index (χ2v) is 2.11. The Bertz CT molecular complexity index is 195. The molecule has 7 heteroatoms. The third kappa shape index (κ3) is 0.981. The molecule has 0 radical (unpaired) electrons. The summed E-state index contributed by atoms with van der Waals surface area (Å²) >= 11 is 2.62. The van der Waals surface area contributed by atoms with Crippen LogP contribution in [-0.2, 0) is 4.79 Å². The number of hydrogen-bond donors (Lipinski definition) is 4. The van der Waals surface area contributed by atoms with Gasteiger partial charge >= 0.3 is 6.03 Å². The lowest BCUT2D eigenvalue weighted by Gasteiger charge is -2.14. The summed E-state index contributed by atoms with van der Waals surface area (Å²) in [4.78, 5) is 21.0. The first-order valence-electron chi connectivity index (χ1n) is 2.32. The van der Waals surface area contributed by atoms with Crippen LogP contribution in [0.1, 0.15) is 0 Å². The summed E-state index contributed by atoms with van der Waals surface area (Å²) in [5.74, 6) is -2.86. The Morgan fingerprint density at radius 2 is 2.20 bits per heavy atom. The minimum Gasteiger partial charge on any atom is -0.350 e. The number of carbonyl (C=O) groups is 2. The molecular weight excluding hydrogens is 206 g/mol. The van der Waals surface area contributed by atoms with E-state index in [9.17, 15) is 9.59 Å². The van der Waals surface area contributed by atoms with Crippen LogP contribution in [0.2, 0.25) is 0 Å². The number of amides is 3. The summed E-state index contributed by atoms with van der Waals surface area (Å²) in [5.41, 5.74) is 0. The molecule has 0 aliphatic carbocycles. The lowest BCUT2D eigenvalue weighted by atomic mass is 10.4. The van der Waals surface area contributed by atoms with Gasteiger partial charge in [0.15, 0.2) is 0 Å². The van der Waals surface area contributed by atoms with E-state index in [4.69, 9.17) is 5.11 Å². The molecular formula is C3H4BrN3O3. The standard InChI is InChI=1S/C3H4BrN3O3/c4-7-3(10)1(8)5-2(9)6-3/h7,10H,(H2,5,6,8,9). The third-order valence-corrected chi connectivity index (χ3v) is 1.56. The fourth-order valence-electron chi connectivity index (χ4n) is 0.512. The van der Waals surface area contributed by atoms with Crippen LogP contribution in [0.4, 0.5) is 4.79 Å². The van der Waals surface area contributed by atoms with E-state index in [-0.39, 0.29) is 0 Å². The van der Waals surface area contributed by atoms with Crippen LogP contribution >= 0.6 is 16.1 Å². The van der Waals surface area contributed by atoms with Crippen molar-refractivity contribution in [1.82, 2.24) is 15.0 Å². The predicted octanol–water partition coefficient (Wildman–Crippen LogP) is -1.63. The molecule has 56 valence electrons. The molecule has 3 amide bonds. The molecule has 0 aromatic heterocycles. The predicted molar refractivity (Wildman–Crippen MR) is 33.7 cm³/mol. The van der Waals surface area contributed by atoms with E-state index in [1.165, 1.54) is 0 Å². The molecule has 1 aliphatic heterocycles. The van der Waals surface area contributed by atoms with Crippen molar-refractivity contribution in [3.8, 4) is 0 Å². The highest BCUT2D eigenvalue weighted by atomic mass is 79.9. The molecule has 6 nitrogen and oxygen atoms in total. The van der Waals surface area contributed by atoms with Crippen molar-refractivity contribution in [2.75, 3.05) is 0 Å². The number of halogens is 1.